The van der Waals surface area contributed by atoms with Gasteiger partial charge in [-0.25, -0.2) is 4.79 Å². The normalized spacial score (nSPS) is 16.1. The Morgan fingerprint density at radius 1 is 1.25 bits per heavy atom. The third-order valence-electron chi connectivity index (χ3n) is 2.99. The molecule has 1 aromatic rings. The fourth-order valence-electron chi connectivity index (χ4n) is 2.00. The summed E-state index contributed by atoms with van der Waals surface area (Å²) < 4.78 is 5.41. The van der Waals surface area contributed by atoms with Crippen molar-refractivity contribution in [3.05, 3.63) is 29.8 Å². The van der Waals surface area contributed by atoms with Gasteiger partial charge >= 0.3 is 5.97 Å². The topological polar surface area (TPSA) is 38.3 Å². The van der Waals surface area contributed by atoms with Gasteiger partial charge in [-0.3, -0.25) is 0 Å². The van der Waals surface area contributed by atoms with Crippen molar-refractivity contribution in [1.82, 2.24) is 0 Å². The first-order valence-corrected chi connectivity index (χ1v) is 5.78. The smallest absolute Gasteiger partial charge is 0.338 e. The molecule has 0 unspecified atom stereocenters. The molecule has 0 atom stereocenters. The average molecular weight is 219 g/mol. The second-order valence-electron chi connectivity index (χ2n) is 4.14. The summed E-state index contributed by atoms with van der Waals surface area (Å²) in [6.07, 6.45) is 4.52. The lowest BCUT2D eigenvalue weighted by molar-refractivity contribution is 0.0318. The highest BCUT2D eigenvalue weighted by Crippen LogP contribution is 2.22. The van der Waals surface area contributed by atoms with Crippen molar-refractivity contribution in [3.8, 4) is 0 Å². The van der Waals surface area contributed by atoms with Gasteiger partial charge in [0, 0.05) is 12.7 Å². The van der Waals surface area contributed by atoms with Crippen molar-refractivity contribution < 1.29 is 9.53 Å². The molecule has 1 aliphatic carbocycles. The minimum absolute atomic E-state index is 0.136. The van der Waals surface area contributed by atoms with E-state index in [0.717, 1.165) is 18.5 Å². The lowest BCUT2D eigenvalue weighted by Gasteiger charge is -2.11. The Balaban J connectivity index is 1.97. The summed E-state index contributed by atoms with van der Waals surface area (Å²) in [5.74, 6) is -0.199. The zero-order chi connectivity index (χ0) is 11.4. The second kappa shape index (κ2) is 5.01. The van der Waals surface area contributed by atoms with Gasteiger partial charge in [0.05, 0.1) is 5.56 Å². The summed E-state index contributed by atoms with van der Waals surface area (Å²) in [6.45, 7) is 0. The Morgan fingerprint density at radius 2 is 1.88 bits per heavy atom. The van der Waals surface area contributed by atoms with Crippen molar-refractivity contribution >= 4 is 11.7 Å². The van der Waals surface area contributed by atoms with Crippen LogP contribution in [0.25, 0.3) is 0 Å². The minimum Gasteiger partial charge on any atom is -0.459 e. The maximum absolute atomic E-state index is 11.8. The number of hydrogen-bond donors (Lipinski definition) is 1. The quantitative estimate of drug-likeness (QED) is 0.794. The molecule has 0 amide bonds. The molecule has 0 radical (unpaired) electrons. The molecule has 0 aromatic heterocycles. The van der Waals surface area contributed by atoms with E-state index in [0.29, 0.717) is 5.56 Å². The molecule has 0 aliphatic heterocycles. The summed E-state index contributed by atoms with van der Waals surface area (Å²) in [4.78, 5) is 11.8. The van der Waals surface area contributed by atoms with Crippen LogP contribution in [-0.2, 0) is 4.74 Å². The number of esters is 1. The highest BCUT2D eigenvalue weighted by molar-refractivity contribution is 5.89. The van der Waals surface area contributed by atoms with E-state index >= 15 is 0 Å². The molecule has 3 heteroatoms. The zero-order valence-electron chi connectivity index (χ0n) is 9.53. The Kier molecular flexibility index (Phi) is 3.44. The molecule has 1 aliphatic rings. The van der Waals surface area contributed by atoms with Gasteiger partial charge in [0.1, 0.15) is 6.10 Å². The lowest BCUT2D eigenvalue weighted by Crippen LogP contribution is -2.14. The average Bonchev–Trinajstić information content (AvgIpc) is 2.82. The number of anilines is 1. The van der Waals surface area contributed by atoms with Gasteiger partial charge in [-0.2, -0.15) is 0 Å². The van der Waals surface area contributed by atoms with Gasteiger partial charge in [0.15, 0.2) is 0 Å². The van der Waals surface area contributed by atoms with Crippen molar-refractivity contribution in [1.29, 1.82) is 0 Å². The van der Waals surface area contributed by atoms with Crippen LogP contribution in [-0.4, -0.2) is 19.1 Å². The molecule has 0 saturated heterocycles. The molecule has 1 N–H and O–H groups in total. The van der Waals surface area contributed by atoms with E-state index in [9.17, 15) is 4.79 Å². The number of hydrogen-bond acceptors (Lipinski definition) is 3. The molecule has 86 valence electrons. The van der Waals surface area contributed by atoms with Crippen LogP contribution in [0, 0.1) is 0 Å². The summed E-state index contributed by atoms with van der Waals surface area (Å²) in [6, 6.07) is 7.35. The highest BCUT2D eigenvalue weighted by Gasteiger charge is 2.19. The third-order valence-corrected chi connectivity index (χ3v) is 2.99. The molecule has 3 nitrogen and oxygen atoms in total. The number of rotatable bonds is 3. The molecule has 1 fully saturated rings. The van der Waals surface area contributed by atoms with Crippen LogP contribution in [0.15, 0.2) is 24.3 Å². The van der Waals surface area contributed by atoms with Gasteiger partial charge < -0.3 is 10.1 Å². The van der Waals surface area contributed by atoms with Crippen LogP contribution in [0.1, 0.15) is 36.0 Å². The van der Waals surface area contributed by atoms with Gasteiger partial charge in [-0.15, -0.1) is 0 Å². The van der Waals surface area contributed by atoms with E-state index in [4.69, 9.17) is 4.74 Å². The monoisotopic (exact) mass is 219 g/mol. The van der Waals surface area contributed by atoms with E-state index < -0.39 is 0 Å². The molecular formula is C13H17NO2. The van der Waals surface area contributed by atoms with Crippen molar-refractivity contribution in [3.63, 3.8) is 0 Å². The van der Waals surface area contributed by atoms with Crippen molar-refractivity contribution in [2.75, 3.05) is 12.4 Å². The first-order chi connectivity index (χ1) is 7.79. The number of ether oxygens (including phenoxy) is 1. The minimum atomic E-state index is -0.199. The van der Waals surface area contributed by atoms with Gasteiger partial charge in [-0.1, -0.05) is 0 Å². The zero-order valence-corrected chi connectivity index (χ0v) is 9.53. The van der Waals surface area contributed by atoms with Crippen LogP contribution < -0.4 is 5.32 Å². The number of carbonyl (C=O) groups is 1. The predicted molar refractivity (Wildman–Crippen MR) is 63.7 cm³/mol. The van der Waals surface area contributed by atoms with Gasteiger partial charge in [-0.05, 0) is 49.9 Å². The van der Waals surface area contributed by atoms with Crippen LogP contribution in [0.5, 0.6) is 0 Å². The predicted octanol–water partition coefficient (Wildman–Crippen LogP) is 2.83. The molecule has 0 heterocycles. The Labute approximate surface area is 95.8 Å². The number of carbonyl (C=O) groups excluding carboxylic acids is 1. The molecule has 2 rings (SSSR count). The van der Waals surface area contributed by atoms with E-state index in [1.165, 1.54) is 12.8 Å². The Morgan fingerprint density at radius 3 is 2.44 bits per heavy atom. The van der Waals surface area contributed by atoms with Crippen LogP contribution in [0.4, 0.5) is 5.69 Å². The molecule has 0 bridgehead atoms. The largest absolute Gasteiger partial charge is 0.459 e. The second-order valence-corrected chi connectivity index (χ2v) is 4.14. The lowest BCUT2D eigenvalue weighted by atomic mass is 10.2. The fourth-order valence-corrected chi connectivity index (χ4v) is 2.00. The van der Waals surface area contributed by atoms with E-state index in [1.54, 1.807) is 12.1 Å². The molecular weight excluding hydrogens is 202 g/mol. The Hall–Kier alpha value is -1.51. The maximum Gasteiger partial charge on any atom is 0.338 e. The number of benzene rings is 1. The van der Waals surface area contributed by atoms with Gasteiger partial charge in [0.25, 0.3) is 0 Å². The highest BCUT2D eigenvalue weighted by atomic mass is 16.5. The summed E-state index contributed by atoms with van der Waals surface area (Å²) in [7, 11) is 1.85. The molecule has 16 heavy (non-hydrogen) atoms. The molecule has 1 saturated carbocycles. The molecule has 0 spiro atoms. The summed E-state index contributed by atoms with van der Waals surface area (Å²) >= 11 is 0. The first kappa shape index (κ1) is 11.0. The first-order valence-electron chi connectivity index (χ1n) is 5.78. The SMILES string of the molecule is CNc1ccc(C(=O)OC2CCCC2)cc1. The third kappa shape index (κ3) is 2.54. The summed E-state index contributed by atoms with van der Waals surface area (Å²) in [5.41, 5.74) is 1.63. The standard InChI is InChI=1S/C13H17NO2/c1-14-11-8-6-10(7-9-11)13(15)16-12-4-2-3-5-12/h6-9,12,14H,2-5H2,1H3. The van der Waals surface area contributed by atoms with Crippen LogP contribution in [0.3, 0.4) is 0 Å². The maximum atomic E-state index is 11.8. The van der Waals surface area contributed by atoms with Crippen LogP contribution in [0.2, 0.25) is 0 Å². The Bertz CT molecular complexity index is 353. The number of nitrogens with one attached hydrogen (secondary N) is 1. The fraction of sp³-hybridized carbons (Fsp3) is 0.462. The van der Waals surface area contributed by atoms with E-state index in [-0.39, 0.29) is 12.1 Å². The summed E-state index contributed by atoms with van der Waals surface area (Å²) in [5, 5.41) is 3.01. The molecule has 1 aromatic carbocycles. The van der Waals surface area contributed by atoms with Gasteiger partial charge in [0.2, 0.25) is 0 Å². The van der Waals surface area contributed by atoms with Crippen LogP contribution >= 0.6 is 0 Å². The van der Waals surface area contributed by atoms with Crippen molar-refractivity contribution in [2.45, 2.75) is 31.8 Å². The van der Waals surface area contributed by atoms with Crippen molar-refractivity contribution in [2.24, 2.45) is 0 Å². The van der Waals surface area contributed by atoms with E-state index in [2.05, 4.69) is 5.32 Å². The van der Waals surface area contributed by atoms with E-state index in [1.807, 2.05) is 19.2 Å².